The first-order valence-corrected chi connectivity index (χ1v) is 7.90. The number of nitrogens with zero attached hydrogens (tertiary/aromatic N) is 1. The first kappa shape index (κ1) is 16.5. The Balaban J connectivity index is 1.47. The summed E-state index contributed by atoms with van der Waals surface area (Å²) in [5, 5.41) is 4.94. The topological polar surface area (TPSA) is 106 Å². The first-order chi connectivity index (χ1) is 11.5. The number of carbonyl (C=O) groups excluding carboxylic acids is 2. The lowest BCUT2D eigenvalue weighted by Crippen LogP contribution is -2.42. The van der Waals surface area contributed by atoms with Crippen molar-refractivity contribution in [1.82, 2.24) is 10.2 Å². The van der Waals surface area contributed by atoms with Crippen molar-refractivity contribution in [2.45, 2.75) is 13.3 Å². The third kappa shape index (κ3) is 3.77. The van der Waals surface area contributed by atoms with E-state index in [0.29, 0.717) is 23.7 Å². The summed E-state index contributed by atoms with van der Waals surface area (Å²) in [5.74, 6) is 0.862. The molecular weight excluding hydrogens is 312 g/mol. The fourth-order valence-corrected chi connectivity index (χ4v) is 2.93. The maximum atomic E-state index is 12.0. The van der Waals surface area contributed by atoms with Crippen molar-refractivity contribution in [2.75, 3.05) is 38.3 Å². The maximum Gasteiger partial charge on any atom is 0.325 e. The SMILES string of the molecule is CC1(CN)CCN(CC(=O)NC(=O)Nc2ccc3c(c2)OCO3)C1. The highest BCUT2D eigenvalue weighted by atomic mass is 16.7. The van der Waals surface area contributed by atoms with E-state index in [4.69, 9.17) is 15.2 Å². The molecule has 1 unspecified atom stereocenters. The summed E-state index contributed by atoms with van der Waals surface area (Å²) in [6.45, 7) is 4.63. The van der Waals surface area contributed by atoms with Crippen LogP contribution in [-0.2, 0) is 4.79 Å². The number of nitrogens with two attached hydrogens (primary N) is 1. The Kier molecular flexibility index (Phi) is 4.59. The number of nitrogens with one attached hydrogen (secondary N) is 2. The molecule has 0 saturated carbocycles. The van der Waals surface area contributed by atoms with E-state index >= 15 is 0 Å². The van der Waals surface area contributed by atoms with Gasteiger partial charge in [-0.3, -0.25) is 15.0 Å². The van der Waals surface area contributed by atoms with Gasteiger partial charge in [0.15, 0.2) is 11.5 Å². The lowest BCUT2D eigenvalue weighted by molar-refractivity contribution is -0.120. The Bertz CT molecular complexity index is 651. The number of hydrogen-bond acceptors (Lipinski definition) is 6. The average Bonchev–Trinajstić information content (AvgIpc) is 3.13. The van der Waals surface area contributed by atoms with Gasteiger partial charge in [-0.15, -0.1) is 0 Å². The number of imide groups is 1. The van der Waals surface area contributed by atoms with E-state index in [0.717, 1.165) is 19.5 Å². The van der Waals surface area contributed by atoms with E-state index in [-0.39, 0.29) is 24.7 Å². The molecule has 3 rings (SSSR count). The van der Waals surface area contributed by atoms with Gasteiger partial charge in [0.25, 0.3) is 0 Å². The lowest BCUT2D eigenvalue weighted by Gasteiger charge is -2.22. The molecule has 2 aliphatic heterocycles. The number of carbonyl (C=O) groups is 2. The quantitative estimate of drug-likeness (QED) is 0.750. The number of urea groups is 1. The Morgan fingerprint density at radius 3 is 2.88 bits per heavy atom. The molecule has 0 radical (unpaired) electrons. The van der Waals surface area contributed by atoms with Gasteiger partial charge in [-0.1, -0.05) is 6.92 Å². The first-order valence-electron chi connectivity index (χ1n) is 7.90. The lowest BCUT2D eigenvalue weighted by atomic mass is 9.90. The molecule has 0 aromatic heterocycles. The van der Waals surface area contributed by atoms with E-state index in [1.807, 2.05) is 4.90 Å². The second-order valence-corrected chi connectivity index (χ2v) is 6.55. The number of fused-ring (bicyclic) bond motifs is 1. The van der Waals surface area contributed by atoms with Crippen LogP contribution in [0, 0.1) is 5.41 Å². The predicted octanol–water partition coefficient (Wildman–Crippen LogP) is 0.734. The molecule has 1 atom stereocenters. The molecule has 24 heavy (non-hydrogen) atoms. The Morgan fingerprint density at radius 1 is 1.33 bits per heavy atom. The zero-order chi connectivity index (χ0) is 17.2. The third-order valence-corrected chi connectivity index (χ3v) is 4.38. The van der Waals surface area contributed by atoms with Gasteiger partial charge in [0.2, 0.25) is 12.7 Å². The summed E-state index contributed by atoms with van der Waals surface area (Å²) in [5.41, 5.74) is 6.34. The van der Waals surface area contributed by atoms with Crippen LogP contribution in [0.2, 0.25) is 0 Å². The summed E-state index contributed by atoms with van der Waals surface area (Å²) < 4.78 is 10.4. The molecule has 0 bridgehead atoms. The van der Waals surface area contributed by atoms with Gasteiger partial charge in [-0.25, -0.2) is 4.79 Å². The van der Waals surface area contributed by atoms with Crippen molar-refractivity contribution in [1.29, 1.82) is 0 Å². The highest BCUT2D eigenvalue weighted by Gasteiger charge is 2.33. The van der Waals surface area contributed by atoms with Crippen molar-refractivity contribution in [3.05, 3.63) is 18.2 Å². The highest BCUT2D eigenvalue weighted by molar-refractivity contribution is 6.01. The Morgan fingerprint density at radius 2 is 2.12 bits per heavy atom. The van der Waals surface area contributed by atoms with Gasteiger partial charge < -0.3 is 20.5 Å². The standard InChI is InChI=1S/C16H22N4O4/c1-16(8-17)4-5-20(9-16)7-14(21)19-15(22)18-11-2-3-12-13(6-11)24-10-23-12/h2-3,6H,4-5,7-10,17H2,1H3,(H2,18,19,21,22). The van der Waals surface area contributed by atoms with Crippen molar-refractivity contribution in [3.8, 4) is 11.5 Å². The molecule has 1 aromatic carbocycles. The van der Waals surface area contributed by atoms with Gasteiger partial charge in [0.05, 0.1) is 6.54 Å². The van der Waals surface area contributed by atoms with Crippen LogP contribution in [0.25, 0.3) is 0 Å². The third-order valence-electron chi connectivity index (χ3n) is 4.38. The zero-order valence-electron chi connectivity index (χ0n) is 13.6. The molecule has 8 nitrogen and oxygen atoms in total. The number of likely N-dealkylation sites (tertiary alicyclic amines) is 1. The molecule has 1 saturated heterocycles. The van der Waals surface area contributed by atoms with Crippen molar-refractivity contribution in [2.24, 2.45) is 11.1 Å². The van der Waals surface area contributed by atoms with Crippen LogP contribution in [0.5, 0.6) is 11.5 Å². The summed E-state index contributed by atoms with van der Waals surface area (Å²) in [6.07, 6.45) is 0.959. The molecule has 8 heteroatoms. The predicted molar refractivity (Wildman–Crippen MR) is 87.9 cm³/mol. The molecule has 130 valence electrons. The fourth-order valence-electron chi connectivity index (χ4n) is 2.93. The molecule has 0 aliphatic carbocycles. The molecule has 1 fully saturated rings. The number of ether oxygens (including phenoxy) is 2. The minimum atomic E-state index is -0.570. The summed E-state index contributed by atoms with van der Waals surface area (Å²) in [4.78, 5) is 25.9. The van der Waals surface area contributed by atoms with E-state index in [9.17, 15) is 9.59 Å². The molecule has 2 heterocycles. The largest absolute Gasteiger partial charge is 0.454 e. The Hall–Kier alpha value is -2.32. The molecule has 0 spiro atoms. The number of anilines is 1. The van der Waals surface area contributed by atoms with Gasteiger partial charge in [0.1, 0.15) is 0 Å². The Labute approximate surface area is 140 Å². The van der Waals surface area contributed by atoms with E-state index in [1.165, 1.54) is 0 Å². The van der Waals surface area contributed by atoms with Gasteiger partial charge in [0, 0.05) is 18.3 Å². The summed E-state index contributed by atoms with van der Waals surface area (Å²) in [6, 6.07) is 4.47. The van der Waals surface area contributed by atoms with Gasteiger partial charge in [-0.05, 0) is 37.1 Å². The molecule has 4 N–H and O–H groups in total. The number of hydrogen-bond donors (Lipinski definition) is 3. The average molecular weight is 334 g/mol. The summed E-state index contributed by atoms with van der Waals surface area (Å²) >= 11 is 0. The molecule has 3 amide bonds. The number of amides is 3. The van der Waals surface area contributed by atoms with Crippen LogP contribution in [0.15, 0.2) is 18.2 Å². The van der Waals surface area contributed by atoms with Crippen LogP contribution in [0.1, 0.15) is 13.3 Å². The molecular formula is C16H22N4O4. The highest BCUT2D eigenvalue weighted by Crippen LogP contribution is 2.34. The van der Waals surface area contributed by atoms with Crippen LogP contribution >= 0.6 is 0 Å². The molecule has 1 aromatic rings. The van der Waals surface area contributed by atoms with Crippen LogP contribution in [0.3, 0.4) is 0 Å². The normalized spacial score (nSPS) is 22.4. The van der Waals surface area contributed by atoms with Crippen molar-refractivity contribution in [3.63, 3.8) is 0 Å². The maximum absolute atomic E-state index is 12.0. The van der Waals surface area contributed by atoms with Crippen LogP contribution in [-0.4, -0.2) is 49.8 Å². The second kappa shape index (κ2) is 6.66. The number of rotatable bonds is 4. The minimum absolute atomic E-state index is 0.0506. The van der Waals surface area contributed by atoms with E-state index < -0.39 is 6.03 Å². The summed E-state index contributed by atoms with van der Waals surface area (Å²) in [7, 11) is 0. The van der Waals surface area contributed by atoms with Gasteiger partial charge in [-0.2, -0.15) is 0 Å². The number of benzene rings is 1. The minimum Gasteiger partial charge on any atom is -0.454 e. The van der Waals surface area contributed by atoms with E-state index in [1.54, 1.807) is 18.2 Å². The van der Waals surface area contributed by atoms with Crippen LogP contribution in [0.4, 0.5) is 10.5 Å². The van der Waals surface area contributed by atoms with Gasteiger partial charge >= 0.3 is 6.03 Å². The van der Waals surface area contributed by atoms with E-state index in [2.05, 4.69) is 17.6 Å². The van der Waals surface area contributed by atoms with Crippen molar-refractivity contribution >= 4 is 17.6 Å². The fraction of sp³-hybridized carbons (Fsp3) is 0.500. The zero-order valence-corrected chi connectivity index (χ0v) is 13.6. The smallest absolute Gasteiger partial charge is 0.325 e. The second-order valence-electron chi connectivity index (χ2n) is 6.55. The van der Waals surface area contributed by atoms with Crippen molar-refractivity contribution < 1.29 is 19.1 Å². The monoisotopic (exact) mass is 334 g/mol. The van der Waals surface area contributed by atoms with Crippen LogP contribution < -0.4 is 25.8 Å². The molecule has 2 aliphatic rings.